The van der Waals surface area contributed by atoms with Crippen LogP contribution in [-0.4, -0.2) is 43.8 Å². The molecule has 1 N–H and O–H groups in total. The minimum Gasteiger partial charge on any atom is -0.450 e. The highest BCUT2D eigenvalue weighted by atomic mass is 35.5. The third kappa shape index (κ3) is 3.73. The molecular weight excluding hydrogens is 323 g/mol. The summed E-state index contributed by atoms with van der Waals surface area (Å²) in [4.78, 5) is 17.5. The molecule has 1 aromatic rings. The van der Waals surface area contributed by atoms with Gasteiger partial charge in [-0.2, -0.15) is 13.2 Å². The molecule has 0 unspecified atom stereocenters. The van der Waals surface area contributed by atoms with Gasteiger partial charge in [-0.25, -0.2) is 9.78 Å². The smallest absolute Gasteiger partial charge is 0.419 e. The minimum absolute atomic E-state index is 0.000547. The Morgan fingerprint density at radius 2 is 2.00 bits per heavy atom. The van der Waals surface area contributed by atoms with E-state index in [1.165, 1.54) is 0 Å². The Kier molecular flexibility index (Phi) is 5.00. The maximum atomic E-state index is 12.6. The number of halogens is 4. The zero-order chi connectivity index (χ0) is 16.3. The molecule has 1 aromatic heterocycles. The first-order valence-corrected chi connectivity index (χ1v) is 7.15. The number of nitrogens with one attached hydrogen (secondary N) is 1. The van der Waals surface area contributed by atoms with Crippen LogP contribution in [0.15, 0.2) is 12.3 Å². The summed E-state index contributed by atoms with van der Waals surface area (Å²) in [5.74, 6) is 0.415. The standard InChI is InChI=1S/C13H15ClF3N3O2/c1-2-22-12(21)20-5-3-19(4-6-20)11-10(14)7-9(8-18-11)13(15,16)17/h7-8H,2-6H2,1H3/p+1. The monoisotopic (exact) mass is 338 g/mol. The maximum Gasteiger partial charge on any atom is 0.419 e. The van der Waals surface area contributed by atoms with Crippen LogP contribution in [0.3, 0.4) is 0 Å². The third-order valence-electron chi connectivity index (χ3n) is 3.32. The van der Waals surface area contributed by atoms with Gasteiger partial charge < -0.3 is 9.64 Å². The third-order valence-corrected chi connectivity index (χ3v) is 3.61. The molecule has 1 amide bonds. The molecular formula is C13H16ClF3N3O2+. The molecule has 5 nitrogen and oxygen atoms in total. The van der Waals surface area contributed by atoms with Crippen molar-refractivity contribution in [2.75, 3.05) is 37.7 Å². The van der Waals surface area contributed by atoms with E-state index in [-0.39, 0.29) is 11.1 Å². The van der Waals surface area contributed by atoms with Crippen LogP contribution in [0.5, 0.6) is 0 Å². The molecule has 0 saturated carbocycles. The van der Waals surface area contributed by atoms with Gasteiger partial charge in [-0.05, 0) is 13.0 Å². The number of pyridine rings is 1. The zero-order valence-electron chi connectivity index (χ0n) is 11.9. The summed E-state index contributed by atoms with van der Waals surface area (Å²) in [5.41, 5.74) is -0.827. The lowest BCUT2D eigenvalue weighted by Crippen LogP contribution is -2.50. The second-order valence-corrected chi connectivity index (χ2v) is 5.16. The van der Waals surface area contributed by atoms with E-state index in [4.69, 9.17) is 16.3 Å². The van der Waals surface area contributed by atoms with Crippen LogP contribution >= 0.6 is 11.6 Å². The van der Waals surface area contributed by atoms with Gasteiger partial charge in [0.15, 0.2) is 0 Å². The van der Waals surface area contributed by atoms with Crippen LogP contribution in [0.1, 0.15) is 12.5 Å². The summed E-state index contributed by atoms with van der Waals surface area (Å²) in [7, 11) is 0. The molecule has 2 heterocycles. The Bertz CT molecular complexity index is 546. The van der Waals surface area contributed by atoms with E-state index in [1.807, 2.05) is 0 Å². The van der Waals surface area contributed by atoms with Crippen LogP contribution in [0, 0.1) is 0 Å². The van der Waals surface area contributed by atoms with Crippen LogP contribution in [0.4, 0.5) is 23.8 Å². The SMILES string of the molecule is CCOC(=O)N1CCN(c2[nH+]cc(C(F)(F)F)cc2Cl)CC1. The summed E-state index contributed by atoms with van der Waals surface area (Å²) in [5, 5.41) is -0.000547. The molecule has 0 aliphatic carbocycles. The number of amides is 1. The topological polar surface area (TPSA) is 46.9 Å². The number of piperazine rings is 1. The average Bonchev–Trinajstić information content (AvgIpc) is 2.46. The number of hydrogen-bond donors (Lipinski definition) is 0. The van der Waals surface area contributed by atoms with Crippen molar-refractivity contribution in [1.29, 1.82) is 0 Å². The number of ether oxygens (including phenoxy) is 1. The predicted octanol–water partition coefficient (Wildman–Crippen LogP) is 2.45. The molecule has 1 aliphatic rings. The van der Waals surface area contributed by atoms with Gasteiger partial charge in [0.2, 0.25) is 0 Å². The fourth-order valence-electron chi connectivity index (χ4n) is 2.19. The number of hydrogen-bond acceptors (Lipinski definition) is 3. The van der Waals surface area contributed by atoms with E-state index >= 15 is 0 Å². The number of anilines is 1. The van der Waals surface area contributed by atoms with Gasteiger partial charge in [0.05, 0.1) is 25.3 Å². The molecule has 0 aromatic carbocycles. The molecule has 1 fully saturated rings. The Balaban J connectivity index is 2.04. The summed E-state index contributed by atoms with van der Waals surface area (Å²) in [6.45, 7) is 3.79. The van der Waals surface area contributed by atoms with E-state index in [1.54, 1.807) is 16.7 Å². The van der Waals surface area contributed by atoms with Gasteiger partial charge in [0, 0.05) is 0 Å². The second kappa shape index (κ2) is 6.60. The molecule has 9 heteroatoms. The normalized spacial score (nSPS) is 15.9. The lowest BCUT2D eigenvalue weighted by Gasteiger charge is -2.30. The summed E-state index contributed by atoms with van der Waals surface area (Å²) in [6, 6.07) is 0.894. The van der Waals surface area contributed by atoms with Gasteiger partial charge in [0.1, 0.15) is 24.3 Å². The average molecular weight is 339 g/mol. The summed E-state index contributed by atoms with van der Waals surface area (Å²) < 4.78 is 42.7. The first kappa shape index (κ1) is 16.7. The van der Waals surface area contributed by atoms with Gasteiger partial charge in [0.25, 0.3) is 5.82 Å². The van der Waals surface area contributed by atoms with Crippen molar-refractivity contribution >= 4 is 23.5 Å². The Morgan fingerprint density at radius 1 is 1.36 bits per heavy atom. The van der Waals surface area contributed by atoms with Crippen molar-refractivity contribution in [2.45, 2.75) is 13.1 Å². The lowest BCUT2D eigenvalue weighted by molar-refractivity contribution is -0.367. The molecule has 0 spiro atoms. The predicted molar refractivity (Wildman–Crippen MR) is 73.8 cm³/mol. The van der Waals surface area contributed by atoms with Gasteiger partial charge in [-0.1, -0.05) is 11.6 Å². The number of nitrogens with zero attached hydrogens (tertiary/aromatic N) is 2. The molecule has 0 atom stereocenters. The first-order chi connectivity index (χ1) is 10.3. The second-order valence-electron chi connectivity index (χ2n) is 4.76. The van der Waals surface area contributed by atoms with Crippen molar-refractivity contribution in [2.24, 2.45) is 0 Å². The number of H-pyrrole nitrogens is 1. The molecule has 122 valence electrons. The van der Waals surface area contributed by atoms with E-state index in [0.717, 1.165) is 12.3 Å². The van der Waals surface area contributed by atoms with Gasteiger partial charge in [-0.15, -0.1) is 0 Å². The van der Waals surface area contributed by atoms with E-state index in [2.05, 4.69) is 4.98 Å². The quantitative estimate of drug-likeness (QED) is 0.832. The number of alkyl halides is 3. The van der Waals surface area contributed by atoms with Crippen molar-refractivity contribution in [3.05, 3.63) is 22.8 Å². The summed E-state index contributed by atoms with van der Waals surface area (Å²) in [6.07, 6.45) is -3.94. The maximum absolute atomic E-state index is 12.6. The highest BCUT2D eigenvalue weighted by molar-refractivity contribution is 6.32. The van der Waals surface area contributed by atoms with Crippen molar-refractivity contribution < 1.29 is 27.7 Å². The number of aromatic amines is 1. The number of carbonyl (C=O) groups excluding carboxylic acids is 1. The van der Waals surface area contributed by atoms with E-state index in [0.29, 0.717) is 38.6 Å². The fourth-order valence-corrected chi connectivity index (χ4v) is 2.49. The van der Waals surface area contributed by atoms with Crippen LogP contribution in [0.25, 0.3) is 0 Å². The number of carbonyl (C=O) groups is 1. The fraction of sp³-hybridized carbons (Fsp3) is 0.538. The van der Waals surface area contributed by atoms with Crippen molar-refractivity contribution in [3.8, 4) is 0 Å². The molecule has 2 rings (SSSR count). The van der Waals surface area contributed by atoms with Crippen LogP contribution in [-0.2, 0) is 10.9 Å². The Hall–Kier alpha value is -1.70. The van der Waals surface area contributed by atoms with Gasteiger partial charge >= 0.3 is 12.3 Å². The number of aromatic nitrogens is 1. The largest absolute Gasteiger partial charge is 0.450 e. The minimum atomic E-state index is -4.44. The highest BCUT2D eigenvalue weighted by Crippen LogP contribution is 2.32. The van der Waals surface area contributed by atoms with E-state index < -0.39 is 11.7 Å². The molecule has 22 heavy (non-hydrogen) atoms. The lowest BCUT2D eigenvalue weighted by atomic mass is 10.2. The highest BCUT2D eigenvalue weighted by Gasteiger charge is 2.34. The summed E-state index contributed by atoms with van der Waals surface area (Å²) >= 11 is 5.94. The molecule has 0 bridgehead atoms. The van der Waals surface area contributed by atoms with Crippen LogP contribution in [0.2, 0.25) is 5.02 Å². The van der Waals surface area contributed by atoms with E-state index in [9.17, 15) is 18.0 Å². The Labute approximate surface area is 130 Å². The number of rotatable bonds is 2. The zero-order valence-corrected chi connectivity index (χ0v) is 12.7. The first-order valence-electron chi connectivity index (χ1n) is 6.78. The van der Waals surface area contributed by atoms with Crippen molar-refractivity contribution in [1.82, 2.24) is 4.90 Å². The van der Waals surface area contributed by atoms with Gasteiger partial charge in [-0.3, -0.25) is 4.90 Å². The van der Waals surface area contributed by atoms with Crippen LogP contribution < -0.4 is 9.88 Å². The molecule has 1 saturated heterocycles. The molecule has 0 radical (unpaired) electrons. The van der Waals surface area contributed by atoms with Crippen molar-refractivity contribution in [3.63, 3.8) is 0 Å². The molecule has 1 aliphatic heterocycles. The Morgan fingerprint density at radius 3 is 2.50 bits per heavy atom.